The van der Waals surface area contributed by atoms with Crippen molar-refractivity contribution in [3.63, 3.8) is 0 Å². The Morgan fingerprint density at radius 3 is 1.12 bits per heavy atom. The molecular weight excluding hydrogens is 1490 g/mol. The van der Waals surface area contributed by atoms with E-state index >= 15 is 0 Å². The molecule has 14 aromatic carbocycles. The zero-order valence-corrected chi connectivity index (χ0v) is 72.9. The fraction of sp³-hybridized carbons (Fsp3) is 0.218. The maximum absolute atomic E-state index is 11.1. The van der Waals surface area contributed by atoms with Crippen molar-refractivity contribution in [1.29, 1.82) is 10.5 Å². The molecule has 7 nitrogen and oxygen atoms in total. The molecule has 0 fully saturated rings. The number of benzene rings is 14. The average molecular weight is 1590 g/mol. The van der Waals surface area contributed by atoms with E-state index in [0.717, 1.165) is 56.3 Å². The highest BCUT2D eigenvalue weighted by Gasteiger charge is 2.44. The van der Waals surface area contributed by atoms with Crippen LogP contribution in [0.4, 0.5) is 0 Å². The summed E-state index contributed by atoms with van der Waals surface area (Å²) >= 11 is 3.68. The summed E-state index contributed by atoms with van der Waals surface area (Å²) in [5, 5.41) is 39.4. The summed E-state index contributed by atoms with van der Waals surface area (Å²) in [5.41, 5.74) is 29.9. The summed E-state index contributed by atoms with van der Waals surface area (Å²) in [5.74, 6) is 0. The normalized spacial score (nSPS) is 13.5. The maximum atomic E-state index is 11.1. The Balaban J connectivity index is 0.738. The van der Waals surface area contributed by atoms with Gasteiger partial charge in [0.15, 0.2) is 0 Å². The Bertz CT molecular complexity index is 8160. The van der Waals surface area contributed by atoms with Crippen molar-refractivity contribution in [3.05, 3.63) is 287 Å². The zero-order valence-electron chi connectivity index (χ0n) is 71.2. The van der Waals surface area contributed by atoms with Crippen LogP contribution in [0.15, 0.2) is 237 Å². The summed E-state index contributed by atoms with van der Waals surface area (Å²) < 4.78 is 17.7. The van der Waals surface area contributed by atoms with Gasteiger partial charge in [-0.3, -0.25) is 0 Å². The fourth-order valence-corrected chi connectivity index (χ4v) is 23.6. The van der Waals surface area contributed by atoms with Crippen LogP contribution >= 0.6 is 22.7 Å². The summed E-state index contributed by atoms with van der Waals surface area (Å²) in [6.07, 6.45) is 0.753. The Hall–Kier alpha value is -12.4. The topological polar surface area (TPSA) is 72.2 Å². The first-order valence-corrected chi connectivity index (χ1v) is 44.2. The molecule has 2 aliphatic heterocycles. The molecule has 0 saturated carbocycles. The number of nitriles is 2. The largest absolute Gasteiger partial charge is 0.310 e. The third-order valence-corrected chi connectivity index (χ3v) is 29.8. The first-order valence-electron chi connectivity index (χ1n) is 42.6. The van der Waals surface area contributed by atoms with Crippen LogP contribution in [0, 0.1) is 22.7 Å². The Morgan fingerprint density at radius 2 is 0.658 bits per heavy atom. The van der Waals surface area contributed by atoms with Crippen molar-refractivity contribution >= 4 is 195 Å². The number of aromatic nitrogens is 5. The molecule has 7 aromatic heterocycles. The predicted octanol–water partition coefficient (Wildman–Crippen LogP) is 27.8. The maximum Gasteiger partial charge on any atom is 0.252 e. The molecule has 0 radical (unpaired) electrons. The second-order valence-corrected chi connectivity index (χ2v) is 42.6. The molecule has 0 amide bonds. The molecule has 23 rings (SSSR count). The SMILES string of the molecule is CC(C)(C)c1ccc2c(c1)c1cc(C(C)(C)Cc3ccc4c(c3)c3c5sc6ccccc6c5ccc3n4-c3cc(C#N)c(C#N)cc3-n3c4ccccc4c4c5sc6ccccc6c5ccc43)ccc1n2-c1cc2c3c(c1)-n1c4ccc(C(C)(C)C)cc4c4cc(C(C)(C)C)cc(c41)B3c1cc(C(C)(C)C)cc3c4cc(C(C)(C)C)ccc4n-2c13. The van der Waals surface area contributed by atoms with E-state index in [9.17, 15) is 10.5 Å². The Kier molecular flexibility index (Phi) is 14.8. The quantitative estimate of drug-likeness (QED) is 0.156. The highest BCUT2D eigenvalue weighted by Crippen LogP contribution is 2.51. The van der Waals surface area contributed by atoms with E-state index in [4.69, 9.17) is 0 Å². The van der Waals surface area contributed by atoms with Gasteiger partial charge in [0.2, 0.25) is 0 Å². The second kappa shape index (κ2) is 24.4. The van der Waals surface area contributed by atoms with Gasteiger partial charge in [-0.2, -0.15) is 10.5 Å². The first kappa shape index (κ1) is 72.8. The monoisotopic (exact) mass is 1590 g/mol. The van der Waals surface area contributed by atoms with Crippen molar-refractivity contribution in [3.8, 4) is 40.6 Å². The predicted molar refractivity (Wildman–Crippen MR) is 515 cm³/mol. The van der Waals surface area contributed by atoms with Crippen molar-refractivity contribution in [1.82, 2.24) is 22.8 Å². The van der Waals surface area contributed by atoms with Gasteiger partial charge in [0.25, 0.3) is 6.71 Å². The van der Waals surface area contributed by atoms with Crippen molar-refractivity contribution < 1.29 is 0 Å². The van der Waals surface area contributed by atoms with Crippen LogP contribution in [-0.2, 0) is 38.9 Å². The van der Waals surface area contributed by atoms with Crippen LogP contribution in [0.3, 0.4) is 0 Å². The summed E-state index contributed by atoms with van der Waals surface area (Å²) in [7, 11) is 0. The van der Waals surface area contributed by atoms with Crippen LogP contribution in [0.2, 0.25) is 0 Å². The molecule has 0 bridgehead atoms. The Morgan fingerprint density at radius 1 is 0.292 bits per heavy atom. The van der Waals surface area contributed by atoms with E-state index < -0.39 is 0 Å². The smallest absolute Gasteiger partial charge is 0.252 e. The van der Waals surface area contributed by atoms with Crippen molar-refractivity contribution in [2.75, 3.05) is 0 Å². The zero-order chi connectivity index (χ0) is 82.6. The molecule has 120 heavy (non-hydrogen) atoms. The number of fused-ring (bicyclic) bond motifs is 27. The van der Waals surface area contributed by atoms with Crippen LogP contribution in [-0.4, -0.2) is 29.5 Å². The highest BCUT2D eigenvalue weighted by molar-refractivity contribution is 7.27. The van der Waals surface area contributed by atoms with Gasteiger partial charge in [-0.1, -0.05) is 227 Å². The minimum Gasteiger partial charge on any atom is -0.310 e. The molecule has 2 aliphatic rings. The van der Waals surface area contributed by atoms with E-state index in [1.165, 1.54) is 183 Å². The van der Waals surface area contributed by atoms with Gasteiger partial charge >= 0.3 is 0 Å². The highest BCUT2D eigenvalue weighted by atomic mass is 32.1. The van der Waals surface area contributed by atoms with Gasteiger partial charge in [0, 0.05) is 117 Å². The molecule has 0 N–H and O–H groups in total. The number of hydrogen-bond donors (Lipinski definition) is 0. The molecule has 0 unspecified atom stereocenters. The molecule has 0 spiro atoms. The lowest BCUT2D eigenvalue weighted by Gasteiger charge is -2.36. The molecule has 10 heteroatoms. The number of thiophene rings is 2. The van der Waals surface area contributed by atoms with Crippen molar-refractivity contribution in [2.45, 2.75) is 157 Å². The van der Waals surface area contributed by atoms with Gasteiger partial charge in [0.05, 0.1) is 72.3 Å². The number of nitrogens with zero attached hydrogens (tertiary/aromatic N) is 7. The van der Waals surface area contributed by atoms with E-state index in [-0.39, 0.29) is 39.2 Å². The first-order chi connectivity index (χ1) is 57.3. The lowest BCUT2D eigenvalue weighted by Crippen LogP contribution is -2.59. The molecule has 21 aromatic rings. The van der Waals surface area contributed by atoms with Crippen LogP contribution in [0.1, 0.15) is 168 Å². The second-order valence-electron chi connectivity index (χ2n) is 40.5. The van der Waals surface area contributed by atoms with Gasteiger partial charge in [0.1, 0.15) is 12.1 Å². The standard InChI is InChI=1S/C110H92BN7S2/c1-105(2,3)63-31-38-85-75(47-63)76-50-66(34-41-86(76)114(85)69-55-94-100-95(56-69)118-88-40-33-65(107(7,8)9)49-78(88)80-52-68(109(13,14)15)54-83(102(80)118)111(100)82-53-67(108(10,11)12)51-79-77-48-64(106(4,5)6)32-39-87(77)117(94)101(79)82)110(16,17)57-60-30-37-89-81(44-60)99-91(43-36-73-71-25-20-23-29-97(71)120-104(73)99)116(89)93-46-62(59-113)61(58-112)45-92(93)115-84-27-21-18-26-74(84)98-90(115)42-35-72-70-24-19-22-28-96(70)119-103(72)98/h18-56H,57H2,1-17H3. The molecule has 0 atom stereocenters. The number of para-hydroxylation sites is 1. The summed E-state index contributed by atoms with van der Waals surface area (Å²) in [4.78, 5) is 0. The molecule has 9 heterocycles. The third-order valence-electron chi connectivity index (χ3n) is 27.4. The molecular formula is C110H92BN7S2. The summed E-state index contributed by atoms with van der Waals surface area (Å²) in [6.45, 7) is 40.3. The lowest BCUT2D eigenvalue weighted by molar-refractivity contribution is 0.523. The molecule has 582 valence electrons. The number of rotatable bonds is 6. The minimum atomic E-state index is -0.367. The third kappa shape index (κ3) is 10.2. The van der Waals surface area contributed by atoms with Gasteiger partial charge in [-0.05, 0) is 222 Å². The fourth-order valence-electron chi connectivity index (χ4n) is 21.1. The van der Waals surface area contributed by atoms with Crippen LogP contribution in [0.5, 0.6) is 0 Å². The van der Waals surface area contributed by atoms with Gasteiger partial charge in [-0.25, -0.2) is 0 Å². The molecule has 0 aliphatic carbocycles. The molecule has 0 saturated heterocycles. The number of hydrogen-bond acceptors (Lipinski definition) is 4. The van der Waals surface area contributed by atoms with Crippen LogP contribution < -0.4 is 16.4 Å². The van der Waals surface area contributed by atoms with Crippen LogP contribution in [0.25, 0.3) is 178 Å². The summed E-state index contributed by atoms with van der Waals surface area (Å²) in [6, 6.07) is 96.3. The van der Waals surface area contributed by atoms with Crippen molar-refractivity contribution in [2.24, 2.45) is 0 Å². The lowest BCUT2D eigenvalue weighted by atomic mass is 9.34. The van der Waals surface area contributed by atoms with Gasteiger partial charge in [-0.15, -0.1) is 22.7 Å². The van der Waals surface area contributed by atoms with E-state index in [0.29, 0.717) is 11.1 Å². The van der Waals surface area contributed by atoms with E-state index in [1.54, 1.807) is 0 Å². The van der Waals surface area contributed by atoms with E-state index in [2.05, 4.69) is 377 Å². The van der Waals surface area contributed by atoms with Gasteiger partial charge < -0.3 is 22.8 Å². The minimum absolute atomic E-state index is 0.0599. The average Bonchev–Trinajstić information content (AvgIpc) is 1.41. The Labute approximate surface area is 707 Å². The van der Waals surface area contributed by atoms with E-state index in [1.807, 2.05) is 34.8 Å².